The summed E-state index contributed by atoms with van der Waals surface area (Å²) in [6.07, 6.45) is 12.0. The van der Waals surface area contributed by atoms with E-state index in [1.165, 1.54) is 58.0 Å². The van der Waals surface area contributed by atoms with E-state index in [0.29, 0.717) is 44.3 Å². The van der Waals surface area contributed by atoms with E-state index in [4.69, 9.17) is 4.74 Å². The van der Waals surface area contributed by atoms with Crippen LogP contribution in [0, 0.1) is 5.92 Å². The highest BCUT2D eigenvalue weighted by molar-refractivity contribution is 5.94. The van der Waals surface area contributed by atoms with Crippen molar-refractivity contribution in [2.24, 2.45) is 5.92 Å². The number of nitrogens with zero attached hydrogens (tertiary/aromatic N) is 3. The number of carbonyl (C=O) groups is 2. The van der Waals surface area contributed by atoms with Crippen molar-refractivity contribution in [3.8, 4) is 5.75 Å². The smallest absolute Gasteiger partial charge is 0.253 e. The molecule has 0 bridgehead atoms. The second-order valence-corrected chi connectivity index (χ2v) is 9.93. The SMILES string of the molecule is O=C(c1ccc(OCCCN2CCCCC2)cc1)N1CCN(C(=O)C2CCCCCC2)CC1. The molecule has 2 aliphatic heterocycles. The van der Waals surface area contributed by atoms with Crippen molar-refractivity contribution in [3.63, 3.8) is 0 Å². The normalized spacial score (nSPS) is 21.0. The van der Waals surface area contributed by atoms with Gasteiger partial charge in [0.1, 0.15) is 5.75 Å². The quantitative estimate of drug-likeness (QED) is 0.457. The Bertz CT molecular complexity index is 744. The number of likely N-dealkylation sites (tertiary alicyclic amines) is 1. The number of piperidine rings is 1. The van der Waals surface area contributed by atoms with Crippen molar-refractivity contribution < 1.29 is 14.3 Å². The molecular weight excluding hydrogens is 414 g/mol. The molecule has 1 aromatic rings. The van der Waals surface area contributed by atoms with Crippen molar-refractivity contribution in [1.29, 1.82) is 0 Å². The molecule has 33 heavy (non-hydrogen) atoms. The first-order valence-electron chi connectivity index (χ1n) is 13.2. The first-order valence-corrected chi connectivity index (χ1v) is 13.2. The van der Waals surface area contributed by atoms with Crippen LogP contribution < -0.4 is 4.74 Å². The Morgan fingerprint density at radius 1 is 0.758 bits per heavy atom. The standard InChI is InChI=1S/C27H41N3O3/c31-26(23-9-4-1-2-5-10-23)29-18-20-30(21-19-29)27(32)24-11-13-25(14-12-24)33-22-8-17-28-15-6-3-7-16-28/h11-14,23H,1-10,15-22H2. The van der Waals surface area contributed by atoms with Crippen LogP contribution in [0.3, 0.4) is 0 Å². The number of hydrogen-bond acceptors (Lipinski definition) is 4. The molecule has 0 radical (unpaired) electrons. The Morgan fingerprint density at radius 3 is 2.03 bits per heavy atom. The molecule has 1 aliphatic carbocycles. The van der Waals surface area contributed by atoms with Gasteiger partial charge in [-0.1, -0.05) is 32.1 Å². The lowest BCUT2D eigenvalue weighted by Gasteiger charge is -2.36. The van der Waals surface area contributed by atoms with Crippen molar-refractivity contribution in [1.82, 2.24) is 14.7 Å². The van der Waals surface area contributed by atoms with E-state index in [1.807, 2.05) is 34.1 Å². The van der Waals surface area contributed by atoms with Crippen LogP contribution in [0.5, 0.6) is 5.75 Å². The molecule has 1 saturated carbocycles. The minimum atomic E-state index is 0.0493. The van der Waals surface area contributed by atoms with E-state index < -0.39 is 0 Å². The van der Waals surface area contributed by atoms with Gasteiger partial charge in [-0.3, -0.25) is 9.59 Å². The number of carbonyl (C=O) groups excluding carboxylic acids is 2. The van der Waals surface area contributed by atoms with Gasteiger partial charge < -0.3 is 19.4 Å². The highest BCUT2D eigenvalue weighted by Crippen LogP contribution is 2.25. The maximum absolute atomic E-state index is 12.9. The molecule has 6 nitrogen and oxygen atoms in total. The number of piperazine rings is 1. The summed E-state index contributed by atoms with van der Waals surface area (Å²) in [5.74, 6) is 1.38. The summed E-state index contributed by atoms with van der Waals surface area (Å²) in [5.41, 5.74) is 0.694. The predicted octanol–water partition coefficient (Wildman–Crippen LogP) is 4.20. The molecule has 4 rings (SSSR count). The number of ether oxygens (including phenoxy) is 1. The van der Waals surface area contributed by atoms with Gasteiger partial charge in [-0.2, -0.15) is 0 Å². The maximum atomic E-state index is 12.9. The third-order valence-electron chi connectivity index (χ3n) is 7.52. The minimum Gasteiger partial charge on any atom is -0.494 e. The lowest BCUT2D eigenvalue weighted by molar-refractivity contribution is -0.137. The average Bonchev–Trinajstić information content (AvgIpc) is 3.17. The molecule has 0 spiro atoms. The molecular formula is C27H41N3O3. The average molecular weight is 456 g/mol. The number of amides is 2. The molecule has 3 fully saturated rings. The van der Waals surface area contributed by atoms with Gasteiger partial charge in [-0.15, -0.1) is 0 Å². The van der Waals surface area contributed by atoms with Crippen LogP contribution in [0.15, 0.2) is 24.3 Å². The van der Waals surface area contributed by atoms with Crippen LogP contribution >= 0.6 is 0 Å². The fourth-order valence-electron chi connectivity index (χ4n) is 5.45. The molecule has 1 aromatic carbocycles. The number of benzene rings is 1. The van der Waals surface area contributed by atoms with Gasteiger partial charge in [0, 0.05) is 44.2 Å². The molecule has 182 valence electrons. The van der Waals surface area contributed by atoms with E-state index in [1.54, 1.807) is 0 Å². The summed E-state index contributed by atoms with van der Waals surface area (Å²) < 4.78 is 5.89. The molecule has 0 unspecified atom stereocenters. The van der Waals surface area contributed by atoms with Gasteiger partial charge in [0.15, 0.2) is 0 Å². The van der Waals surface area contributed by atoms with Crippen molar-refractivity contribution >= 4 is 11.8 Å². The summed E-state index contributed by atoms with van der Waals surface area (Å²) >= 11 is 0. The lowest BCUT2D eigenvalue weighted by Crippen LogP contribution is -2.52. The lowest BCUT2D eigenvalue weighted by atomic mass is 9.98. The van der Waals surface area contributed by atoms with Crippen LogP contribution in [-0.2, 0) is 4.79 Å². The Labute approximate surface area is 199 Å². The fourth-order valence-corrected chi connectivity index (χ4v) is 5.45. The van der Waals surface area contributed by atoms with Gasteiger partial charge in [-0.05, 0) is 69.5 Å². The van der Waals surface area contributed by atoms with Crippen LogP contribution in [0.25, 0.3) is 0 Å². The van der Waals surface area contributed by atoms with Crippen LogP contribution in [0.4, 0.5) is 0 Å². The molecule has 3 aliphatic rings. The molecule has 2 amide bonds. The highest BCUT2D eigenvalue weighted by Gasteiger charge is 2.29. The monoisotopic (exact) mass is 455 g/mol. The van der Waals surface area contributed by atoms with Gasteiger partial charge in [0.2, 0.25) is 5.91 Å². The predicted molar refractivity (Wildman–Crippen MR) is 131 cm³/mol. The van der Waals surface area contributed by atoms with Gasteiger partial charge in [0.25, 0.3) is 5.91 Å². The summed E-state index contributed by atoms with van der Waals surface area (Å²) in [7, 11) is 0. The van der Waals surface area contributed by atoms with E-state index in [2.05, 4.69) is 4.90 Å². The Morgan fingerprint density at radius 2 is 1.36 bits per heavy atom. The first kappa shape index (κ1) is 24.1. The first-order chi connectivity index (χ1) is 16.2. The zero-order valence-electron chi connectivity index (χ0n) is 20.2. The van der Waals surface area contributed by atoms with Crippen LogP contribution in [-0.4, -0.2) is 78.9 Å². The number of rotatable bonds is 7. The Kier molecular flexibility index (Phi) is 9.04. The van der Waals surface area contributed by atoms with Gasteiger partial charge >= 0.3 is 0 Å². The zero-order valence-corrected chi connectivity index (χ0v) is 20.2. The molecule has 0 atom stereocenters. The molecule has 2 heterocycles. The Balaban J connectivity index is 1.18. The van der Waals surface area contributed by atoms with Crippen molar-refractivity contribution in [3.05, 3.63) is 29.8 Å². The van der Waals surface area contributed by atoms with E-state index in [9.17, 15) is 9.59 Å². The van der Waals surface area contributed by atoms with Crippen LogP contribution in [0.2, 0.25) is 0 Å². The topological polar surface area (TPSA) is 53.1 Å². The van der Waals surface area contributed by atoms with E-state index in [-0.39, 0.29) is 11.8 Å². The fraction of sp³-hybridized carbons (Fsp3) is 0.704. The summed E-state index contributed by atoms with van der Waals surface area (Å²) in [4.78, 5) is 32.2. The van der Waals surface area contributed by atoms with E-state index >= 15 is 0 Å². The highest BCUT2D eigenvalue weighted by atomic mass is 16.5. The van der Waals surface area contributed by atoms with Crippen molar-refractivity contribution in [2.75, 3.05) is 52.4 Å². The largest absolute Gasteiger partial charge is 0.494 e. The number of hydrogen-bond donors (Lipinski definition) is 0. The second kappa shape index (κ2) is 12.4. The van der Waals surface area contributed by atoms with Crippen molar-refractivity contribution in [2.45, 2.75) is 64.2 Å². The summed E-state index contributed by atoms with van der Waals surface area (Å²) in [6.45, 7) is 6.79. The van der Waals surface area contributed by atoms with Gasteiger partial charge in [0.05, 0.1) is 6.61 Å². The van der Waals surface area contributed by atoms with Crippen LogP contribution in [0.1, 0.15) is 74.6 Å². The molecule has 2 saturated heterocycles. The summed E-state index contributed by atoms with van der Waals surface area (Å²) in [6, 6.07) is 7.54. The Hall–Kier alpha value is -2.08. The van der Waals surface area contributed by atoms with Gasteiger partial charge in [-0.25, -0.2) is 0 Å². The summed E-state index contributed by atoms with van der Waals surface area (Å²) in [5, 5.41) is 0. The van der Waals surface area contributed by atoms with E-state index in [0.717, 1.165) is 31.6 Å². The second-order valence-electron chi connectivity index (χ2n) is 9.93. The molecule has 6 heteroatoms. The minimum absolute atomic E-state index is 0.0493. The maximum Gasteiger partial charge on any atom is 0.253 e. The molecule has 0 aromatic heterocycles. The third kappa shape index (κ3) is 6.95. The third-order valence-corrected chi connectivity index (χ3v) is 7.52. The zero-order chi connectivity index (χ0) is 22.9. The molecule has 0 N–H and O–H groups in total.